The van der Waals surface area contributed by atoms with Crippen molar-refractivity contribution in [3.63, 3.8) is 0 Å². The highest BCUT2D eigenvalue weighted by Gasteiger charge is 2.20. The van der Waals surface area contributed by atoms with Crippen LogP contribution in [-0.4, -0.2) is 17.6 Å². The number of carbonyl (C=O) groups is 1. The van der Waals surface area contributed by atoms with Crippen molar-refractivity contribution in [1.82, 2.24) is 10.3 Å². The third-order valence-electron chi connectivity index (χ3n) is 3.43. The number of amides is 2. The molecule has 1 atom stereocenters. The number of hydrogen-bond acceptors (Lipinski definition) is 3. The van der Waals surface area contributed by atoms with E-state index in [0.717, 1.165) is 29.8 Å². The molecule has 5 nitrogen and oxygen atoms in total. The van der Waals surface area contributed by atoms with E-state index in [2.05, 4.69) is 15.6 Å². The summed E-state index contributed by atoms with van der Waals surface area (Å²) in [6, 6.07) is 11.1. The average molecular weight is 283 g/mol. The van der Waals surface area contributed by atoms with Crippen LogP contribution in [0.15, 0.2) is 48.8 Å². The van der Waals surface area contributed by atoms with Crippen molar-refractivity contribution in [2.45, 2.75) is 18.9 Å². The highest BCUT2D eigenvalue weighted by molar-refractivity contribution is 5.89. The number of hydrogen-bond donors (Lipinski definition) is 2. The minimum Gasteiger partial charge on any atom is -0.493 e. The molecule has 3 rings (SSSR count). The number of benzene rings is 1. The van der Waals surface area contributed by atoms with Gasteiger partial charge in [0.2, 0.25) is 0 Å². The lowest BCUT2D eigenvalue weighted by atomic mass is 10.0. The first kappa shape index (κ1) is 13.4. The maximum absolute atomic E-state index is 12.1. The normalized spacial score (nSPS) is 17.0. The van der Waals surface area contributed by atoms with Gasteiger partial charge in [0.25, 0.3) is 0 Å². The van der Waals surface area contributed by atoms with Crippen molar-refractivity contribution in [1.29, 1.82) is 0 Å². The number of carbonyl (C=O) groups excluding carboxylic acids is 1. The number of rotatable bonds is 2. The van der Waals surface area contributed by atoms with E-state index in [1.807, 2.05) is 24.3 Å². The molecule has 5 heteroatoms. The van der Waals surface area contributed by atoms with Crippen LogP contribution in [0.4, 0.5) is 10.5 Å². The molecular formula is C16H17N3O2. The maximum atomic E-state index is 12.1. The molecule has 0 spiro atoms. The molecule has 0 fully saturated rings. The zero-order valence-electron chi connectivity index (χ0n) is 11.6. The van der Waals surface area contributed by atoms with Gasteiger partial charge in [-0.05, 0) is 31.0 Å². The van der Waals surface area contributed by atoms with E-state index in [4.69, 9.17) is 4.74 Å². The molecule has 2 N–H and O–H groups in total. The van der Waals surface area contributed by atoms with Crippen molar-refractivity contribution in [2.75, 3.05) is 11.9 Å². The topological polar surface area (TPSA) is 63.2 Å². The lowest BCUT2D eigenvalue weighted by Crippen LogP contribution is -2.32. The molecule has 0 saturated carbocycles. The Kier molecular flexibility index (Phi) is 4.00. The van der Waals surface area contributed by atoms with Crippen LogP contribution >= 0.6 is 0 Å². The van der Waals surface area contributed by atoms with E-state index >= 15 is 0 Å². The van der Waals surface area contributed by atoms with Crippen LogP contribution in [-0.2, 0) is 0 Å². The molecule has 0 radical (unpaired) electrons. The summed E-state index contributed by atoms with van der Waals surface area (Å²) < 4.78 is 5.70. The second-order valence-electron chi connectivity index (χ2n) is 4.92. The lowest BCUT2D eigenvalue weighted by molar-refractivity contribution is 0.247. The van der Waals surface area contributed by atoms with E-state index in [1.165, 1.54) is 0 Å². The predicted molar refractivity (Wildman–Crippen MR) is 80.3 cm³/mol. The van der Waals surface area contributed by atoms with Crippen LogP contribution in [0.1, 0.15) is 24.4 Å². The van der Waals surface area contributed by atoms with E-state index in [-0.39, 0.29) is 12.1 Å². The van der Waals surface area contributed by atoms with Crippen LogP contribution in [0, 0.1) is 0 Å². The Morgan fingerprint density at radius 3 is 2.86 bits per heavy atom. The van der Waals surface area contributed by atoms with Crippen molar-refractivity contribution in [3.05, 3.63) is 54.4 Å². The fourth-order valence-electron chi connectivity index (χ4n) is 2.44. The Hall–Kier alpha value is -2.56. The van der Waals surface area contributed by atoms with Gasteiger partial charge in [-0.25, -0.2) is 4.79 Å². The smallest absolute Gasteiger partial charge is 0.319 e. The van der Waals surface area contributed by atoms with Crippen LogP contribution in [0.5, 0.6) is 5.75 Å². The number of nitrogens with one attached hydrogen (secondary N) is 2. The summed E-state index contributed by atoms with van der Waals surface area (Å²) >= 11 is 0. The van der Waals surface area contributed by atoms with Gasteiger partial charge < -0.3 is 15.4 Å². The van der Waals surface area contributed by atoms with Gasteiger partial charge in [-0.3, -0.25) is 4.98 Å². The summed E-state index contributed by atoms with van der Waals surface area (Å²) in [5.74, 6) is 0.851. The molecule has 1 aliphatic heterocycles. The summed E-state index contributed by atoms with van der Waals surface area (Å²) in [4.78, 5) is 16.0. The highest BCUT2D eigenvalue weighted by atomic mass is 16.5. The minimum absolute atomic E-state index is 0.0365. The highest BCUT2D eigenvalue weighted by Crippen LogP contribution is 2.31. The Morgan fingerprint density at radius 1 is 1.19 bits per heavy atom. The number of nitrogens with zero attached hydrogens (tertiary/aromatic N) is 1. The molecule has 21 heavy (non-hydrogen) atoms. The summed E-state index contributed by atoms with van der Waals surface area (Å²) in [7, 11) is 0. The molecule has 108 valence electrons. The van der Waals surface area contributed by atoms with Crippen LogP contribution in [0.25, 0.3) is 0 Å². The average Bonchev–Trinajstić information content (AvgIpc) is 2.71. The van der Waals surface area contributed by atoms with Crippen LogP contribution in [0.2, 0.25) is 0 Å². The number of aromatic nitrogens is 1. The van der Waals surface area contributed by atoms with Crippen molar-refractivity contribution < 1.29 is 9.53 Å². The molecule has 2 aromatic rings. The van der Waals surface area contributed by atoms with E-state index < -0.39 is 0 Å². The molecular weight excluding hydrogens is 266 g/mol. The third-order valence-corrected chi connectivity index (χ3v) is 3.43. The number of anilines is 1. The Balaban J connectivity index is 1.71. The number of fused-ring (bicyclic) bond motifs is 1. The molecule has 0 bridgehead atoms. The molecule has 0 aliphatic carbocycles. The molecule has 1 aliphatic rings. The summed E-state index contributed by atoms with van der Waals surface area (Å²) in [6.45, 7) is 0.682. The van der Waals surface area contributed by atoms with Crippen LogP contribution < -0.4 is 15.4 Å². The second kappa shape index (κ2) is 6.26. The quantitative estimate of drug-likeness (QED) is 0.890. The fraction of sp³-hybridized carbons (Fsp3) is 0.250. The molecule has 1 aromatic heterocycles. The SMILES string of the molecule is O=C(Nc1ccncc1)NC1CCCOc2ccccc21. The summed E-state index contributed by atoms with van der Waals surface area (Å²) in [5, 5.41) is 5.82. The number of pyridine rings is 1. The summed E-state index contributed by atoms with van der Waals surface area (Å²) in [5.41, 5.74) is 1.75. The second-order valence-corrected chi connectivity index (χ2v) is 4.92. The van der Waals surface area contributed by atoms with Crippen molar-refractivity contribution in [2.24, 2.45) is 0 Å². The van der Waals surface area contributed by atoms with Crippen molar-refractivity contribution >= 4 is 11.7 Å². The Labute approximate surface area is 123 Å². The first-order valence-electron chi connectivity index (χ1n) is 7.02. The van der Waals surface area contributed by atoms with Gasteiger partial charge in [0.05, 0.1) is 12.6 Å². The molecule has 2 amide bonds. The number of ether oxygens (including phenoxy) is 1. The first-order chi connectivity index (χ1) is 10.3. The van der Waals surface area contributed by atoms with Gasteiger partial charge in [0.1, 0.15) is 5.75 Å². The summed E-state index contributed by atoms with van der Waals surface area (Å²) in [6.07, 6.45) is 5.06. The molecule has 1 aromatic carbocycles. The molecule has 2 heterocycles. The van der Waals surface area contributed by atoms with E-state index in [9.17, 15) is 4.79 Å². The Bertz CT molecular complexity index is 616. The Morgan fingerprint density at radius 2 is 2.00 bits per heavy atom. The minimum atomic E-state index is -0.220. The standard InChI is InChI=1S/C16H17N3O2/c20-16(18-12-7-9-17-10-8-12)19-14-5-3-11-21-15-6-2-1-4-13(14)15/h1-2,4,6-10,14H,3,5,11H2,(H2,17,18,19,20). The fourth-order valence-corrected chi connectivity index (χ4v) is 2.44. The lowest BCUT2D eigenvalue weighted by Gasteiger charge is -2.18. The maximum Gasteiger partial charge on any atom is 0.319 e. The van der Waals surface area contributed by atoms with Crippen LogP contribution in [0.3, 0.4) is 0 Å². The van der Waals surface area contributed by atoms with Gasteiger partial charge in [0.15, 0.2) is 0 Å². The van der Waals surface area contributed by atoms with Gasteiger partial charge >= 0.3 is 6.03 Å². The van der Waals surface area contributed by atoms with Gasteiger partial charge in [0, 0.05) is 23.6 Å². The first-order valence-corrected chi connectivity index (χ1v) is 7.02. The van der Waals surface area contributed by atoms with E-state index in [1.54, 1.807) is 24.5 Å². The molecule has 0 saturated heterocycles. The predicted octanol–water partition coefficient (Wildman–Crippen LogP) is 3.12. The number of urea groups is 1. The zero-order valence-corrected chi connectivity index (χ0v) is 11.6. The monoisotopic (exact) mass is 283 g/mol. The number of para-hydroxylation sites is 1. The van der Waals surface area contributed by atoms with Gasteiger partial charge in [-0.2, -0.15) is 0 Å². The largest absolute Gasteiger partial charge is 0.493 e. The zero-order chi connectivity index (χ0) is 14.5. The van der Waals surface area contributed by atoms with E-state index in [0.29, 0.717) is 6.61 Å². The molecule has 1 unspecified atom stereocenters. The third kappa shape index (κ3) is 3.31. The van der Waals surface area contributed by atoms with Gasteiger partial charge in [-0.1, -0.05) is 18.2 Å². The van der Waals surface area contributed by atoms with Crippen molar-refractivity contribution in [3.8, 4) is 5.75 Å². The van der Waals surface area contributed by atoms with Gasteiger partial charge in [-0.15, -0.1) is 0 Å².